The van der Waals surface area contributed by atoms with Crippen LogP contribution < -0.4 is 30.0 Å². The summed E-state index contributed by atoms with van der Waals surface area (Å²) in [6.07, 6.45) is 5.46. The van der Waals surface area contributed by atoms with Crippen LogP contribution in [-0.2, 0) is 33.6 Å². The van der Waals surface area contributed by atoms with Crippen LogP contribution in [0.2, 0.25) is 19.6 Å². The molecule has 592 valence electrons. The van der Waals surface area contributed by atoms with Crippen molar-refractivity contribution < 1.29 is 48.3 Å². The maximum atomic E-state index is 9.76. The van der Waals surface area contributed by atoms with Crippen molar-refractivity contribution in [1.82, 2.24) is 19.2 Å². The number of rotatable bonds is 23. The third-order valence-corrected chi connectivity index (χ3v) is 20.3. The molecule has 0 spiro atoms. The Balaban J connectivity index is 0.000000239. The number of ether oxygens (including phenoxy) is 3. The van der Waals surface area contributed by atoms with Gasteiger partial charge >= 0.3 is 170 Å². The monoisotopic (exact) mass is 1700 g/mol. The number of aliphatic hydroxyl groups excluding tert-OH is 2. The van der Waals surface area contributed by atoms with E-state index in [0.29, 0.717) is 26.2 Å². The number of hydrogen-bond acceptors (Lipinski definition) is 15. The number of nitrogens with two attached hydrogens (primary N) is 1. The molecule has 9 aromatic rings. The first-order valence-electron chi connectivity index (χ1n) is 38.0. The Kier molecular flexibility index (Phi) is 40.6. The predicted octanol–water partition coefficient (Wildman–Crippen LogP) is 16.7. The van der Waals surface area contributed by atoms with E-state index in [1.165, 1.54) is 26.9 Å². The smallest absolute Gasteiger partial charge is 0.399 e. The average Bonchev–Trinajstić information content (AvgIpc) is 1.61. The first-order chi connectivity index (χ1) is 52.9. The van der Waals surface area contributed by atoms with Gasteiger partial charge in [0.15, 0.2) is 8.24 Å². The van der Waals surface area contributed by atoms with Crippen molar-refractivity contribution in [3.05, 3.63) is 273 Å². The fourth-order valence-corrected chi connectivity index (χ4v) is 13.9. The van der Waals surface area contributed by atoms with Gasteiger partial charge in [-0.1, -0.05) is 189 Å². The Hall–Kier alpha value is -8.54. The molecular formula is C87H123B4N13O5PtSi. The summed E-state index contributed by atoms with van der Waals surface area (Å²) < 4.78 is 21.1. The summed E-state index contributed by atoms with van der Waals surface area (Å²) in [5.41, 5.74) is 14.8. The number of para-hydroxylation sites is 9. The van der Waals surface area contributed by atoms with Gasteiger partial charge < -0.3 is 49.7 Å². The van der Waals surface area contributed by atoms with E-state index in [4.69, 9.17) is 19.9 Å². The van der Waals surface area contributed by atoms with Crippen molar-refractivity contribution in [3.8, 4) is 0 Å². The summed E-state index contributed by atoms with van der Waals surface area (Å²) in [6, 6.07) is 93.0. The van der Waals surface area contributed by atoms with E-state index in [-0.39, 0.29) is 38.3 Å². The van der Waals surface area contributed by atoms with Crippen molar-refractivity contribution in [1.29, 1.82) is 0 Å². The zero-order valence-electron chi connectivity index (χ0n) is 69.4. The van der Waals surface area contributed by atoms with E-state index in [0.717, 1.165) is 28.4 Å². The molecule has 1 fully saturated rings. The Morgan fingerprint density at radius 2 is 0.910 bits per heavy atom. The quantitative estimate of drug-likeness (QED) is 0.0120. The molecule has 0 bridgehead atoms. The van der Waals surface area contributed by atoms with Crippen LogP contribution in [0.5, 0.6) is 0 Å². The maximum absolute atomic E-state index is 9.76. The first kappa shape index (κ1) is 93.1. The van der Waals surface area contributed by atoms with Gasteiger partial charge in [-0.25, -0.2) is 9.98 Å². The van der Waals surface area contributed by atoms with Gasteiger partial charge in [0, 0.05) is 43.3 Å². The summed E-state index contributed by atoms with van der Waals surface area (Å²) in [4.78, 5) is 25.1. The summed E-state index contributed by atoms with van der Waals surface area (Å²) in [7, 11) is 15.6. The predicted molar refractivity (Wildman–Crippen MR) is 477 cm³/mol. The van der Waals surface area contributed by atoms with Crippen LogP contribution in [0.3, 0.4) is 0 Å². The average molecular weight is 1700 g/mol. The molecule has 18 nitrogen and oxygen atoms in total. The van der Waals surface area contributed by atoms with E-state index in [9.17, 15) is 10.2 Å². The Morgan fingerprint density at radius 3 is 1.31 bits per heavy atom. The number of hydrogen-bond donors (Lipinski definition) is 4. The number of benzene rings is 9. The van der Waals surface area contributed by atoms with E-state index in [1.807, 2.05) is 208 Å². The molecule has 2 unspecified atom stereocenters. The molecule has 0 aromatic heterocycles. The molecule has 2 atom stereocenters. The number of nitrogens with zero attached hydrogens (tertiary/aromatic N) is 11. The third kappa shape index (κ3) is 31.9. The van der Waals surface area contributed by atoms with Crippen LogP contribution in [-0.4, -0.2) is 188 Å². The summed E-state index contributed by atoms with van der Waals surface area (Å²) in [5.74, 6) is 0. The van der Waals surface area contributed by atoms with Crippen LogP contribution >= 0.6 is 0 Å². The molecule has 5 N–H and O–H groups in total. The van der Waals surface area contributed by atoms with Crippen molar-refractivity contribution in [2.75, 3.05) is 106 Å². The van der Waals surface area contributed by atoms with Crippen molar-refractivity contribution in [2.45, 2.75) is 107 Å². The summed E-state index contributed by atoms with van der Waals surface area (Å²) in [6.45, 7) is 26.8. The Morgan fingerprint density at radius 1 is 0.514 bits per heavy atom. The molecule has 24 heteroatoms. The minimum Gasteiger partial charge on any atom is -0.399 e. The van der Waals surface area contributed by atoms with Crippen molar-refractivity contribution in [3.63, 3.8) is 0 Å². The van der Waals surface area contributed by atoms with Crippen LogP contribution in [0.25, 0.3) is 0 Å². The van der Waals surface area contributed by atoms with Gasteiger partial charge in [-0.15, -0.1) is 0 Å². The minimum absolute atomic E-state index is 0.147. The van der Waals surface area contributed by atoms with Gasteiger partial charge in [0.25, 0.3) is 6.48 Å². The zero-order valence-corrected chi connectivity index (χ0v) is 72.7. The number of anilines is 6. The van der Waals surface area contributed by atoms with E-state index >= 15 is 0 Å². The molecule has 2 aliphatic rings. The van der Waals surface area contributed by atoms with Crippen molar-refractivity contribution in [2.24, 2.45) is 20.8 Å². The molecule has 2 heterocycles. The SMILES string of the molecule is C(=Nc1ccccc1)Nc1ccccc1.CC(C)(C)C(O)CC(O)C(C)(C)C.CCOC(OCC)OCC.CN(C)B1B(N(C)C)N(c2ccccc2)[C](=[Pt])N1c1[c-]cccc1.CN(C)B1B(N(C)C)[N+](c2ccccc2)=CN1c1ccccc1.C[Si](C)(C)N(C=Nc1ccccc1)c1ccccc1.Nc1ccccc1. The normalized spacial score (nSPS) is 13.5. The number of aliphatic imine (C=N–C) groups is 2. The van der Waals surface area contributed by atoms with Crippen LogP contribution in [0.4, 0.5) is 51.2 Å². The van der Waals surface area contributed by atoms with Crippen LogP contribution in [0.1, 0.15) is 68.7 Å². The topological polar surface area (TPSA) is 160 Å². The zero-order chi connectivity index (χ0) is 81.5. The second-order valence-corrected chi connectivity index (χ2v) is 36.1. The molecule has 2 aliphatic heterocycles. The molecule has 11 rings (SSSR count). The summed E-state index contributed by atoms with van der Waals surface area (Å²) >= 11 is 2.44. The van der Waals surface area contributed by atoms with Gasteiger partial charge in [0.2, 0.25) is 6.34 Å². The molecule has 0 amide bonds. The fourth-order valence-electron chi connectivity index (χ4n) is 11.4. The standard InChI is InChI=1S/C17H23B2N4.C17H21B2N4.C16H20N2Si.C13H12N2.C11H24O2.C7H16O3.C6H7N.Pt/c2*1-20(2)18-19(21(3)4)23(17-13-9-6-10-14-17)15-22(18)16-11-7-5-8-12-16;1-19(2,3)18(16-12-8-5-9-13-16)14-17-15-10-6-4-7-11-15;1-3-7-12(8-4-1)14-11-15-13-9-5-2-6-10-13;1-10(2,3)8(12)7-9(13)11(4,5)6;1-4-8-7(9-5-2)10-6-3;7-6-4-2-1-3-5-6;/h5-15H,1-4H3;5-13H,1-4H3;4-14H,1-3H3;1-11H,(H,14,15);8-9,12-13H,7H2,1-6H3;7H,4-6H2,1-3H3;1-5H,7H2;/q+1;-1;;;;;;. The van der Waals surface area contributed by atoms with Crippen LogP contribution in [0, 0.1) is 16.9 Å². The second kappa shape index (κ2) is 48.4. The van der Waals surface area contributed by atoms with Gasteiger partial charge in [-0.3, -0.25) is 9.30 Å². The molecular weight excluding hydrogens is 1570 g/mol. The molecule has 1 saturated heterocycles. The molecule has 111 heavy (non-hydrogen) atoms. The van der Waals surface area contributed by atoms with Crippen LogP contribution in [0.15, 0.2) is 277 Å². The van der Waals surface area contributed by atoms with Gasteiger partial charge in [0.05, 0.1) is 36.3 Å². The Labute approximate surface area is 680 Å². The molecule has 0 aliphatic carbocycles. The minimum atomic E-state index is -1.50. The maximum Gasteiger partial charge on any atom is 0.506 e. The summed E-state index contributed by atoms with van der Waals surface area (Å²) in [5, 5.41) is 22.6. The number of nitrogens with one attached hydrogen (secondary N) is 1. The van der Waals surface area contributed by atoms with Gasteiger partial charge in [-0.05, 0) is 145 Å². The number of nitrogen functional groups attached to an aromatic ring is 1. The fraction of sp³-hybridized carbons (Fsp3) is 0.333. The first-order valence-corrected chi connectivity index (χ1v) is 42.6. The molecule has 0 saturated carbocycles. The van der Waals surface area contributed by atoms with E-state index < -0.39 is 26.9 Å². The molecule has 9 aromatic carbocycles. The number of aliphatic hydroxyl groups is 2. The largest absolute Gasteiger partial charge is 0.506 e. The second-order valence-electron chi connectivity index (χ2n) is 30.3. The third-order valence-electron chi connectivity index (χ3n) is 17.4. The van der Waals surface area contributed by atoms with Gasteiger partial charge in [-0.2, -0.15) is 0 Å². The van der Waals surface area contributed by atoms with Crippen molar-refractivity contribution >= 4 is 110 Å². The van der Waals surface area contributed by atoms with Gasteiger partial charge in [0.1, 0.15) is 11.4 Å². The van der Waals surface area contributed by atoms with E-state index in [1.54, 1.807) is 6.34 Å². The molecule has 0 radical (unpaired) electrons. The van der Waals surface area contributed by atoms with E-state index in [2.05, 4.69) is 293 Å². The Bertz CT molecular complexity index is 3960.